The summed E-state index contributed by atoms with van der Waals surface area (Å²) in [4.78, 5) is 14.6. The van der Waals surface area contributed by atoms with Crippen molar-refractivity contribution >= 4 is 5.97 Å². The van der Waals surface area contributed by atoms with Crippen LogP contribution in [0.4, 0.5) is 0 Å². The molecule has 0 atom stereocenters. The fraction of sp³-hybridized carbons (Fsp3) is 0.143. The Bertz CT molecular complexity index is 549. The number of rotatable bonds is 5. The van der Waals surface area contributed by atoms with E-state index in [1.54, 1.807) is 24.3 Å². The molecular weight excluding hydrogens is 246 g/mol. The number of carboxylic acid groups (broad SMARTS) is 1. The summed E-state index contributed by atoms with van der Waals surface area (Å²) in [6, 6.07) is 10.1. The van der Waals surface area contributed by atoms with Crippen LogP contribution in [0.3, 0.4) is 0 Å². The summed E-state index contributed by atoms with van der Waals surface area (Å²) in [5.41, 5.74) is 0.124. The van der Waals surface area contributed by atoms with E-state index >= 15 is 0 Å². The first-order chi connectivity index (χ1) is 9.19. The van der Waals surface area contributed by atoms with Crippen molar-refractivity contribution in [2.75, 3.05) is 6.61 Å². The molecule has 0 bridgehead atoms. The van der Waals surface area contributed by atoms with E-state index < -0.39 is 5.97 Å². The summed E-state index contributed by atoms with van der Waals surface area (Å²) in [7, 11) is 0. The molecule has 1 aromatic carbocycles. The summed E-state index contributed by atoms with van der Waals surface area (Å²) in [5, 5.41) is 8.75. The third-order valence-electron chi connectivity index (χ3n) is 2.34. The smallest absolute Gasteiger partial charge is 0.337 e. The molecule has 19 heavy (non-hydrogen) atoms. The van der Waals surface area contributed by atoms with Crippen LogP contribution < -0.4 is 9.47 Å². The van der Waals surface area contributed by atoms with Crippen molar-refractivity contribution in [2.24, 2.45) is 0 Å². The molecule has 0 unspecified atom stereocenters. The topological polar surface area (TPSA) is 68.7 Å². The van der Waals surface area contributed by atoms with Crippen molar-refractivity contribution < 1.29 is 19.4 Å². The number of ether oxygens (including phenoxy) is 2. The van der Waals surface area contributed by atoms with Gasteiger partial charge in [-0.05, 0) is 37.3 Å². The Morgan fingerprint density at radius 1 is 1.16 bits per heavy atom. The fourth-order valence-electron chi connectivity index (χ4n) is 1.46. The molecule has 0 saturated carbocycles. The Morgan fingerprint density at radius 2 is 1.84 bits per heavy atom. The van der Waals surface area contributed by atoms with Gasteiger partial charge in [0, 0.05) is 12.3 Å². The summed E-state index contributed by atoms with van der Waals surface area (Å²) in [6.45, 7) is 2.52. The Kier molecular flexibility index (Phi) is 3.97. The van der Waals surface area contributed by atoms with Gasteiger partial charge in [-0.2, -0.15) is 0 Å². The normalized spacial score (nSPS) is 9.95. The second kappa shape index (κ2) is 5.86. The minimum absolute atomic E-state index is 0.124. The van der Waals surface area contributed by atoms with Gasteiger partial charge in [0.2, 0.25) is 5.88 Å². The van der Waals surface area contributed by atoms with E-state index in [0.717, 1.165) is 5.75 Å². The van der Waals surface area contributed by atoms with Crippen LogP contribution in [0.2, 0.25) is 0 Å². The van der Waals surface area contributed by atoms with E-state index in [9.17, 15) is 4.79 Å². The Labute approximate surface area is 110 Å². The number of hydrogen-bond donors (Lipinski definition) is 1. The predicted octanol–water partition coefficient (Wildman–Crippen LogP) is 2.97. The highest BCUT2D eigenvalue weighted by Gasteiger charge is 2.04. The van der Waals surface area contributed by atoms with E-state index in [0.29, 0.717) is 18.2 Å². The highest BCUT2D eigenvalue weighted by atomic mass is 16.5. The van der Waals surface area contributed by atoms with Crippen molar-refractivity contribution in [1.82, 2.24) is 4.98 Å². The second-order valence-corrected chi connectivity index (χ2v) is 3.70. The maximum atomic E-state index is 10.7. The van der Waals surface area contributed by atoms with Gasteiger partial charge in [-0.1, -0.05) is 0 Å². The Hall–Kier alpha value is -2.56. The first-order valence-corrected chi connectivity index (χ1v) is 5.79. The maximum Gasteiger partial charge on any atom is 0.337 e. The molecule has 98 valence electrons. The molecule has 0 spiro atoms. The summed E-state index contributed by atoms with van der Waals surface area (Å²) < 4.78 is 10.8. The number of carboxylic acids is 1. The summed E-state index contributed by atoms with van der Waals surface area (Å²) in [5.74, 6) is 0.706. The average molecular weight is 259 g/mol. The number of pyridine rings is 1. The third kappa shape index (κ3) is 3.45. The van der Waals surface area contributed by atoms with Crippen molar-refractivity contribution in [3.63, 3.8) is 0 Å². The lowest BCUT2D eigenvalue weighted by atomic mass is 10.3. The lowest BCUT2D eigenvalue weighted by molar-refractivity contribution is 0.0696. The van der Waals surface area contributed by atoms with Crippen LogP contribution in [0.5, 0.6) is 17.4 Å². The zero-order valence-corrected chi connectivity index (χ0v) is 10.4. The molecule has 1 heterocycles. The van der Waals surface area contributed by atoms with E-state index in [4.69, 9.17) is 14.6 Å². The molecule has 5 nitrogen and oxygen atoms in total. The van der Waals surface area contributed by atoms with Crippen LogP contribution in [0.25, 0.3) is 0 Å². The van der Waals surface area contributed by atoms with Gasteiger partial charge in [-0.25, -0.2) is 9.78 Å². The van der Waals surface area contributed by atoms with Crippen LogP contribution in [-0.4, -0.2) is 22.7 Å². The molecule has 0 aliphatic carbocycles. The monoisotopic (exact) mass is 259 g/mol. The van der Waals surface area contributed by atoms with Crippen LogP contribution >= 0.6 is 0 Å². The van der Waals surface area contributed by atoms with Crippen molar-refractivity contribution in [2.45, 2.75) is 6.92 Å². The number of aromatic carboxylic acids is 1. The van der Waals surface area contributed by atoms with Gasteiger partial charge >= 0.3 is 5.97 Å². The van der Waals surface area contributed by atoms with Gasteiger partial charge in [-0.15, -0.1) is 0 Å². The maximum absolute atomic E-state index is 10.7. The minimum atomic E-state index is -1.01. The number of carbonyl (C=O) groups is 1. The molecule has 2 rings (SSSR count). The zero-order chi connectivity index (χ0) is 13.7. The molecule has 1 N–H and O–H groups in total. The molecule has 0 amide bonds. The van der Waals surface area contributed by atoms with Crippen LogP contribution in [-0.2, 0) is 0 Å². The van der Waals surface area contributed by atoms with Gasteiger partial charge in [0.1, 0.15) is 11.5 Å². The van der Waals surface area contributed by atoms with E-state index in [2.05, 4.69) is 4.98 Å². The van der Waals surface area contributed by atoms with Gasteiger partial charge in [-0.3, -0.25) is 0 Å². The number of hydrogen-bond acceptors (Lipinski definition) is 4. The van der Waals surface area contributed by atoms with Gasteiger partial charge in [0.15, 0.2) is 0 Å². The number of aromatic nitrogens is 1. The predicted molar refractivity (Wildman–Crippen MR) is 68.9 cm³/mol. The van der Waals surface area contributed by atoms with E-state index in [1.165, 1.54) is 18.3 Å². The molecule has 0 saturated heterocycles. The second-order valence-electron chi connectivity index (χ2n) is 3.70. The fourth-order valence-corrected chi connectivity index (χ4v) is 1.46. The van der Waals surface area contributed by atoms with Gasteiger partial charge in [0.25, 0.3) is 0 Å². The zero-order valence-electron chi connectivity index (χ0n) is 10.4. The molecule has 2 aromatic rings. The quantitative estimate of drug-likeness (QED) is 0.893. The number of nitrogens with zero attached hydrogens (tertiary/aromatic N) is 1. The van der Waals surface area contributed by atoms with E-state index in [-0.39, 0.29) is 5.56 Å². The molecule has 0 fully saturated rings. The highest BCUT2D eigenvalue weighted by molar-refractivity contribution is 5.87. The third-order valence-corrected chi connectivity index (χ3v) is 2.34. The largest absolute Gasteiger partial charge is 0.494 e. The first-order valence-electron chi connectivity index (χ1n) is 5.79. The minimum Gasteiger partial charge on any atom is -0.494 e. The van der Waals surface area contributed by atoms with Crippen molar-refractivity contribution in [3.05, 3.63) is 48.2 Å². The van der Waals surface area contributed by atoms with Gasteiger partial charge in [0.05, 0.1) is 12.2 Å². The lowest BCUT2D eigenvalue weighted by Gasteiger charge is -2.06. The highest BCUT2D eigenvalue weighted by Crippen LogP contribution is 2.22. The molecule has 1 aromatic heterocycles. The Morgan fingerprint density at radius 3 is 2.37 bits per heavy atom. The van der Waals surface area contributed by atoms with Crippen LogP contribution in [0.1, 0.15) is 17.3 Å². The van der Waals surface area contributed by atoms with Crippen molar-refractivity contribution in [3.8, 4) is 17.4 Å². The number of benzene rings is 1. The van der Waals surface area contributed by atoms with E-state index in [1.807, 2.05) is 6.92 Å². The average Bonchev–Trinajstić information content (AvgIpc) is 2.42. The lowest BCUT2D eigenvalue weighted by Crippen LogP contribution is -1.97. The summed E-state index contributed by atoms with van der Waals surface area (Å²) >= 11 is 0. The van der Waals surface area contributed by atoms with Gasteiger partial charge < -0.3 is 14.6 Å². The molecule has 0 aliphatic rings. The van der Waals surface area contributed by atoms with Crippen LogP contribution in [0, 0.1) is 0 Å². The first kappa shape index (κ1) is 12.9. The molecular formula is C14H13NO4. The summed E-state index contributed by atoms with van der Waals surface area (Å²) in [6.07, 6.45) is 1.26. The van der Waals surface area contributed by atoms with Crippen molar-refractivity contribution in [1.29, 1.82) is 0 Å². The van der Waals surface area contributed by atoms with Crippen LogP contribution in [0.15, 0.2) is 42.6 Å². The standard InChI is InChI=1S/C14H13NO4/c1-2-18-11-4-6-12(7-5-11)19-13-8-3-10(9-15-13)14(16)17/h3-9H,2H2,1H3,(H,16,17). The Balaban J connectivity index is 2.06. The molecule has 0 aliphatic heterocycles. The molecule has 5 heteroatoms. The molecule has 0 radical (unpaired) electrons. The SMILES string of the molecule is CCOc1ccc(Oc2ccc(C(=O)O)cn2)cc1.